The van der Waals surface area contributed by atoms with E-state index >= 15 is 0 Å². The van der Waals surface area contributed by atoms with Gasteiger partial charge in [-0.15, -0.1) is 0 Å². The van der Waals surface area contributed by atoms with Gasteiger partial charge in [-0.2, -0.15) is 0 Å². The van der Waals surface area contributed by atoms with Gasteiger partial charge in [-0.05, 0) is 18.4 Å². The Bertz CT molecular complexity index is 163. The number of amides is 1. The van der Waals surface area contributed by atoms with Gasteiger partial charge in [0.25, 0.3) is 0 Å². The minimum absolute atomic E-state index is 0.0496. The smallest absolute Gasteiger partial charge is 0.238 e. The molecule has 0 unspecified atom stereocenters. The molecule has 0 rings (SSSR count). The third kappa shape index (κ3) is 6.44. The number of rotatable bonds is 4. The summed E-state index contributed by atoms with van der Waals surface area (Å²) in [5.74, 6) is -0.0496. The van der Waals surface area contributed by atoms with Crippen molar-refractivity contribution in [2.45, 2.75) is 13.3 Å². The van der Waals surface area contributed by atoms with E-state index in [4.69, 9.17) is 5.73 Å². The van der Waals surface area contributed by atoms with Gasteiger partial charge >= 0.3 is 0 Å². The van der Waals surface area contributed by atoms with Crippen LogP contribution in [0.4, 0.5) is 0 Å². The summed E-state index contributed by atoms with van der Waals surface area (Å²) in [6, 6.07) is 0. The number of hydrogen-bond acceptors (Lipinski definition) is 3. The summed E-state index contributed by atoms with van der Waals surface area (Å²) in [6.45, 7) is 1.78. The molecule has 4 heteroatoms. The lowest BCUT2D eigenvalue weighted by Gasteiger charge is -1.99. The molecule has 0 bridgehead atoms. The first-order chi connectivity index (χ1) is 5.31. The molecule has 0 aromatic carbocycles. The van der Waals surface area contributed by atoms with Crippen molar-refractivity contribution in [1.29, 1.82) is 0 Å². The summed E-state index contributed by atoms with van der Waals surface area (Å²) in [5, 5.41) is 0. The van der Waals surface area contributed by atoms with E-state index in [1.54, 1.807) is 25.3 Å². The zero-order valence-electron chi connectivity index (χ0n) is 6.50. The minimum Gasteiger partial charge on any atom is -0.405 e. The van der Waals surface area contributed by atoms with Crippen molar-refractivity contribution >= 4 is 5.91 Å². The van der Waals surface area contributed by atoms with Crippen LogP contribution in [0.2, 0.25) is 0 Å². The number of carbonyl (C=O) groups excluding carboxylic acids is 1. The van der Waals surface area contributed by atoms with E-state index in [2.05, 4.69) is 10.9 Å². The predicted molar refractivity (Wildman–Crippen MR) is 44.0 cm³/mol. The van der Waals surface area contributed by atoms with Crippen LogP contribution < -0.4 is 16.6 Å². The van der Waals surface area contributed by atoms with Crippen LogP contribution in [0.25, 0.3) is 0 Å². The highest BCUT2D eigenvalue weighted by Gasteiger charge is 1.89. The number of carbonyl (C=O) groups is 1. The first-order valence-electron chi connectivity index (χ1n) is 3.39. The Hall–Kier alpha value is -1.45. The maximum atomic E-state index is 10.6. The minimum atomic E-state index is -0.0496. The number of hydrazine groups is 1. The van der Waals surface area contributed by atoms with E-state index in [0.29, 0.717) is 6.42 Å². The van der Waals surface area contributed by atoms with Crippen molar-refractivity contribution in [2.24, 2.45) is 5.73 Å². The molecule has 0 aromatic rings. The lowest BCUT2D eigenvalue weighted by Crippen LogP contribution is -2.32. The first-order valence-corrected chi connectivity index (χ1v) is 3.39. The lowest BCUT2D eigenvalue weighted by atomic mass is 10.5. The number of nitrogens with two attached hydrogens (primary N) is 1. The Morgan fingerprint density at radius 1 is 1.55 bits per heavy atom. The van der Waals surface area contributed by atoms with Crippen LogP contribution in [-0.2, 0) is 4.79 Å². The van der Waals surface area contributed by atoms with Crippen LogP contribution in [0.3, 0.4) is 0 Å². The second-order valence-electron chi connectivity index (χ2n) is 1.79. The second-order valence-corrected chi connectivity index (χ2v) is 1.79. The van der Waals surface area contributed by atoms with Crippen molar-refractivity contribution in [1.82, 2.24) is 10.9 Å². The highest BCUT2D eigenvalue weighted by Crippen LogP contribution is 1.71. The third-order valence-electron chi connectivity index (χ3n) is 0.934. The number of nitrogens with one attached hydrogen (secondary N) is 2. The van der Waals surface area contributed by atoms with E-state index in [0.717, 1.165) is 0 Å². The van der Waals surface area contributed by atoms with E-state index < -0.39 is 0 Å². The molecular formula is C7H13N3O. The molecule has 0 fully saturated rings. The molecule has 1 amide bonds. The van der Waals surface area contributed by atoms with Crippen LogP contribution in [0.5, 0.6) is 0 Å². The van der Waals surface area contributed by atoms with Gasteiger partial charge in [-0.1, -0.05) is 6.92 Å². The summed E-state index contributed by atoms with van der Waals surface area (Å²) in [5.41, 5.74) is 10.1. The molecule has 0 aliphatic rings. The van der Waals surface area contributed by atoms with Gasteiger partial charge in [-0.25, -0.2) is 0 Å². The van der Waals surface area contributed by atoms with Crippen molar-refractivity contribution in [2.75, 3.05) is 0 Å². The molecule has 11 heavy (non-hydrogen) atoms. The molecular weight excluding hydrogens is 142 g/mol. The SMILES string of the molecule is CCC(=O)NN/C=C\C=C/N. The fourth-order valence-electron chi connectivity index (χ4n) is 0.378. The highest BCUT2D eigenvalue weighted by molar-refractivity contribution is 5.74. The first kappa shape index (κ1) is 9.55. The third-order valence-corrected chi connectivity index (χ3v) is 0.934. The van der Waals surface area contributed by atoms with E-state index in [1.807, 2.05) is 0 Å². The molecule has 0 heterocycles. The molecule has 0 spiro atoms. The maximum Gasteiger partial charge on any atom is 0.238 e. The second kappa shape index (κ2) is 6.67. The molecule has 4 nitrogen and oxygen atoms in total. The molecule has 0 atom stereocenters. The van der Waals surface area contributed by atoms with Gasteiger partial charge in [0, 0.05) is 12.6 Å². The monoisotopic (exact) mass is 155 g/mol. The van der Waals surface area contributed by atoms with Crippen LogP contribution in [0, 0.1) is 0 Å². The molecule has 0 aliphatic carbocycles. The summed E-state index contributed by atoms with van der Waals surface area (Å²) in [4.78, 5) is 10.6. The molecule has 4 N–H and O–H groups in total. The Balaban J connectivity index is 3.33. The molecule has 0 aliphatic heterocycles. The normalized spacial score (nSPS) is 10.6. The van der Waals surface area contributed by atoms with Crippen molar-refractivity contribution in [3.63, 3.8) is 0 Å². The average Bonchev–Trinajstić information content (AvgIpc) is 2.04. The maximum absolute atomic E-state index is 10.6. The Morgan fingerprint density at radius 3 is 2.82 bits per heavy atom. The van der Waals surface area contributed by atoms with E-state index in [-0.39, 0.29) is 5.91 Å². The van der Waals surface area contributed by atoms with Gasteiger partial charge in [0.05, 0.1) is 0 Å². The van der Waals surface area contributed by atoms with Crippen LogP contribution in [0.1, 0.15) is 13.3 Å². The largest absolute Gasteiger partial charge is 0.405 e. The average molecular weight is 155 g/mol. The van der Waals surface area contributed by atoms with Crippen molar-refractivity contribution < 1.29 is 4.79 Å². The zero-order chi connectivity index (χ0) is 8.53. The van der Waals surface area contributed by atoms with Crippen molar-refractivity contribution in [3.05, 3.63) is 24.6 Å². The van der Waals surface area contributed by atoms with Crippen LogP contribution >= 0.6 is 0 Å². The number of allylic oxidation sites excluding steroid dienone is 2. The molecule has 0 radical (unpaired) electrons. The predicted octanol–water partition coefficient (Wildman–Crippen LogP) is 0.00330. The molecule has 0 aromatic heterocycles. The summed E-state index contributed by atoms with van der Waals surface area (Å²) >= 11 is 0. The van der Waals surface area contributed by atoms with Crippen molar-refractivity contribution in [3.8, 4) is 0 Å². The van der Waals surface area contributed by atoms with Gasteiger partial charge in [0.1, 0.15) is 0 Å². The van der Waals surface area contributed by atoms with E-state index in [9.17, 15) is 4.79 Å². The number of hydrogen-bond donors (Lipinski definition) is 3. The lowest BCUT2D eigenvalue weighted by molar-refractivity contribution is -0.121. The fourth-order valence-corrected chi connectivity index (χ4v) is 0.378. The zero-order valence-corrected chi connectivity index (χ0v) is 6.50. The Kier molecular flexibility index (Phi) is 5.79. The topological polar surface area (TPSA) is 67.2 Å². The van der Waals surface area contributed by atoms with Crippen LogP contribution in [0.15, 0.2) is 24.6 Å². The highest BCUT2D eigenvalue weighted by atomic mass is 16.2. The standard InChI is InChI=1S/C7H13N3O/c1-2-7(11)10-9-6-4-3-5-8/h3-6,9H,2,8H2,1H3,(H,10,11)/b5-3-,6-4-. The quantitative estimate of drug-likeness (QED) is 0.395. The Labute approximate surface area is 66.1 Å². The summed E-state index contributed by atoms with van der Waals surface area (Å²) < 4.78 is 0. The summed E-state index contributed by atoms with van der Waals surface area (Å²) in [6.07, 6.45) is 6.77. The fraction of sp³-hybridized carbons (Fsp3) is 0.286. The van der Waals surface area contributed by atoms with Gasteiger partial charge in [-0.3, -0.25) is 10.2 Å². The van der Waals surface area contributed by atoms with E-state index in [1.165, 1.54) is 6.20 Å². The molecule has 0 saturated carbocycles. The summed E-state index contributed by atoms with van der Waals surface area (Å²) in [7, 11) is 0. The molecule has 0 saturated heterocycles. The Morgan fingerprint density at radius 2 is 2.27 bits per heavy atom. The van der Waals surface area contributed by atoms with Crippen LogP contribution in [-0.4, -0.2) is 5.91 Å². The van der Waals surface area contributed by atoms with Gasteiger partial charge in [0.15, 0.2) is 0 Å². The van der Waals surface area contributed by atoms with Gasteiger partial charge < -0.3 is 11.2 Å². The van der Waals surface area contributed by atoms with Gasteiger partial charge in [0.2, 0.25) is 5.91 Å². The molecule has 62 valence electrons.